The minimum absolute atomic E-state index is 0.204. The Labute approximate surface area is 156 Å². The number of ether oxygens (including phenoxy) is 1. The maximum atomic E-state index is 12.4. The van der Waals surface area contributed by atoms with Crippen LogP contribution >= 0.6 is 0 Å². The molecular weight excluding hydrogens is 350 g/mol. The number of hydrogen-bond acceptors (Lipinski definition) is 4. The maximum Gasteiger partial charge on any atom is 0.340 e. The average molecular weight is 373 g/mol. The molecule has 0 aromatic heterocycles. The number of aryl methyl sites for hydroxylation is 3. The molecule has 2 aromatic carbocycles. The first-order valence-electron chi connectivity index (χ1n) is 8.23. The normalized spacial score (nSPS) is 13.0. The Bertz CT molecular complexity index is 853. The fraction of sp³-hybridized carbons (Fsp3) is 0.300. The minimum atomic E-state index is -1.33. The molecule has 6 heteroatoms. The average Bonchev–Trinajstić information content (AvgIpc) is 2.57. The molecule has 0 bridgehead atoms. The second-order valence-corrected chi connectivity index (χ2v) is 7.61. The van der Waals surface area contributed by atoms with E-state index in [0.29, 0.717) is 4.90 Å². The molecule has 0 aliphatic carbocycles. The Morgan fingerprint density at radius 1 is 1.08 bits per heavy atom. The predicted molar refractivity (Wildman–Crippen MR) is 103 cm³/mol. The molecule has 0 spiro atoms. The fourth-order valence-corrected chi connectivity index (χ4v) is 3.50. The van der Waals surface area contributed by atoms with Crippen molar-refractivity contribution in [2.75, 3.05) is 11.6 Å². The summed E-state index contributed by atoms with van der Waals surface area (Å²) in [6.45, 7) is 7.33. The van der Waals surface area contributed by atoms with Crippen molar-refractivity contribution < 1.29 is 18.5 Å². The van der Waals surface area contributed by atoms with Crippen molar-refractivity contribution in [1.82, 2.24) is 0 Å². The predicted octanol–water partition coefficient (Wildman–Crippen LogP) is 3.53. The highest BCUT2D eigenvalue weighted by Gasteiger charge is 2.22. The molecule has 0 fully saturated rings. The summed E-state index contributed by atoms with van der Waals surface area (Å²) in [4.78, 5) is 25.2. The summed E-state index contributed by atoms with van der Waals surface area (Å²) in [5.41, 5.74) is 3.93. The van der Waals surface area contributed by atoms with E-state index in [4.69, 9.17) is 4.74 Å². The highest BCUT2D eigenvalue weighted by atomic mass is 32.2. The van der Waals surface area contributed by atoms with Gasteiger partial charge in [-0.3, -0.25) is 9.00 Å². The Morgan fingerprint density at radius 3 is 2.23 bits per heavy atom. The van der Waals surface area contributed by atoms with Gasteiger partial charge in [-0.15, -0.1) is 0 Å². The summed E-state index contributed by atoms with van der Waals surface area (Å²) in [7, 11) is -1.33. The van der Waals surface area contributed by atoms with E-state index in [-0.39, 0.29) is 5.56 Å². The molecule has 0 saturated carbocycles. The number of esters is 1. The molecule has 26 heavy (non-hydrogen) atoms. The monoisotopic (exact) mass is 373 g/mol. The smallest absolute Gasteiger partial charge is 0.340 e. The summed E-state index contributed by atoms with van der Waals surface area (Å²) < 4.78 is 17.0. The molecule has 5 nitrogen and oxygen atoms in total. The van der Waals surface area contributed by atoms with Gasteiger partial charge in [0, 0.05) is 11.9 Å². The van der Waals surface area contributed by atoms with E-state index in [1.165, 1.54) is 19.2 Å². The van der Waals surface area contributed by atoms with Gasteiger partial charge >= 0.3 is 5.97 Å². The summed E-state index contributed by atoms with van der Waals surface area (Å²) in [6, 6.07) is 10.5. The highest BCUT2D eigenvalue weighted by molar-refractivity contribution is 7.84. The Hall–Kier alpha value is -2.47. The van der Waals surface area contributed by atoms with Gasteiger partial charge in [-0.05, 0) is 51.0 Å². The van der Waals surface area contributed by atoms with Crippen molar-refractivity contribution in [3.05, 3.63) is 58.7 Å². The van der Waals surface area contributed by atoms with Crippen molar-refractivity contribution in [3.8, 4) is 0 Å². The SMILES string of the molecule is Cc1cc(C)c(NC(=O)[C@@H](C)OC(=O)c2ccccc2[S@](C)=O)c(C)c1. The van der Waals surface area contributed by atoms with Crippen LogP contribution in [-0.4, -0.2) is 28.4 Å². The van der Waals surface area contributed by atoms with Gasteiger partial charge in [0.25, 0.3) is 5.91 Å². The lowest BCUT2D eigenvalue weighted by atomic mass is 10.0. The van der Waals surface area contributed by atoms with E-state index in [1.807, 2.05) is 32.9 Å². The van der Waals surface area contributed by atoms with Crippen molar-refractivity contribution >= 4 is 28.4 Å². The molecule has 0 unspecified atom stereocenters. The number of anilines is 1. The third-order valence-corrected chi connectivity index (χ3v) is 4.97. The molecule has 0 aliphatic rings. The zero-order valence-corrected chi connectivity index (χ0v) is 16.4. The first kappa shape index (κ1) is 19.8. The first-order valence-corrected chi connectivity index (χ1v) is 9.78. The molecule has 1 N–H and O–H groups in total. The lowest BCUT2D eigenvalue weighted by molar-refractivity contribution is -0.123. The first-order chi connectivity index (χ1) is 12.2. The number of carbonyl (C=O) groups excluding carboxylic acids is 2. The van der Waals surface area contributed by atoms with Crippen molar-refractivity contribution in [2.24, 2.45) is 0 Å². The van der Waals surface area contributed by atoms with Crippen molar-refractivity contribution in [1.29, 1.82) is 0 Å². The summed E-state index contributed by atoms with van der Waals surface area (Å²) >= 11 is 0. The molecule has 0 saturated heterocycles. The molecule has 2 aromatic rings. The Balaban J connectivity index is 2.13. The van der Waals surface area contributed by atoms with E-state index < -0.39 is 28.8 Å². The summed E-state index contributed by atoms with van der Waals surface area (Å²) in [6.07, 6.45) is 0.506. The van der Waals surface area contributed by atoms with Gasteiger partial charge in [0.2, 0.25) is 0 Å². The van der Waals surface area contributed by atoms with E-state index in [1.54, 1.807) is 18.2 Å². The molecule has 0 aliphatic heterocycles. The maximum absolute atomic E-state index is 12.4. The molecule has 1 amide bonds. The molecule has 0 heterocycles. The van der Waals surface area contributed by atoms with Crippen LogP contribution in [-0.2, 0) is 20.3 Å². The molecule has 138 valence electrons. The van der Waals surface area contributed by atoms with Gasteiger partial charge in [0.15, 0.2) is 6.10 Å². The second kappa shape index (κ2) is 8.27. The van der Waals surface area contributed by atoms with Crippen LogP contribution in [0.2, 0.25) is 0 Å². The van der Waals surface area contributed by atoms with Crippen LogP contribution in [0, 0.1) is 20.8 Å². The quantitative estimate of drug-likeness (QED) is 0.814. The number of amides is 1. The zero-order valence-electron chi connectivity index (χ0n) is 15.6. The number of hydrogen-bond donors (Lipinski definition) is 1. The topological polar surface area (TPSA) is 72.5 Å². The lowest BCUT2D eigenvalue weighted by Crippen LogP contribution is -2.30. The van der Waals surface area contributed by atoms with E-state index in [9.17, 15) is 13.8 Å². The molecular formula is C20H23NO4S. The van der Waals surface area contributed by atoms with E-state index in [0.717, 1.165) is 22.4 Å². The van der Waals surface area contributed by atoms with E-state index in [2.05, 4.69) is 5.32 Å². The summed E-state index contributed by atoms with van der Waals surface area (Å²) in [5, 5.41) is 2.82. The van der Waals surface area contributed by atoms with Gasteiger partial charge in [0.1, 0.15) is 0 Å². The van der Waals surface area contributed by atoms with Gasteiger partial charge in [-0.2, -0.15) is 0 Å². The van der Waals surface area contributed by atoms with E-state index >= 15 is 0 Å². The van der Waals surface area contributed by atoms with Crippen LogP contribution in [0.5, 0.6) is 0 Å². The Morgan fingerprint density at radius 2 is 1.65 bits per heavy atom. The molecule has 0 radical (unpaired) electrons. The van der Waals surface area contributed by atoms with Gasteiger partial charge in [-0.25, -0.2) is 4.79 Å². The second-order valence-electron chi connectivity index (χ2n) is 6.26. The standard InChI is InChI=1S/C20H23NO4S/c1-12-10-13(2)18(14(3)11-12)21-19(22)15(4)25-20(23)16-8-6-7-9-17(16)26(5)24/h6-11,15H,1-5H3,(H,21,22)/t15-,26+/m1/s1. The molecule has 2 rings (SSSR count). The van der Waals surface area contributed by atoms with Crippen LogP contribution in [0.1, 0.15) is 34.0 Å². The van der Waals surface area contributed by atoms with Gasteiger partial charge < -0.3 is 10.1 Å². The van der Waals surface area contributed by atoms with Gasteiger partial charge in [-0.1, -0.05) is 29.8 Å². The number of nitrogens with one attached hydrogen (secondary N) is 1. The van der Waals surface area contributed by atoms with Gasteiger partial charge in [0.05, 0.1) is 21.3 Å². The van der Waals surface area contributed by atoms with Crippen molar-refractivity contribution in [2.45, 2.75) is 38.7 Å². The number of carbonyl (C=O) groups is 2. The fourth-order valence-electron chi connectivity index (χ4n) is 2.77. The lowest BCUT2D eigenvalue weighted by Gasteiger charge is -2.17. The Kier molecular flexibility index (Phi) is 6.32. The zero-order chi connectivity index (χ0) is 19.4. The van der Waals surface area contributed by atoms with Crippen LogP contribution in [0.3, 0.4) is 0 Å². The highest BCUT2D eigenvalue weighted by Crippen LogP contribution is 2.22. The van der Waals surface area contributed by atoms with Crippen LogP contribution in [0.4, 0.5) is 5.69 Å². The van der Waals surface area contributed by atoms with Crippen molar-refractivity contribution in [3.63, 3.8) is 0 Å². The van der Waals surface area contributed by atoms with Crippen LogP contribution < -0.4 is 5.32 Å². The van der Waals surface area contributed by atoms with Crippen LogP contribution in [0.15, 0.2) is 41.3 Å². The number of benzene rings is 2. The third-order valence-electron chi connectivity index (χ3n) is 3.99. The third kappa shape index (κ3) is 4.58. The van der Waals surface area contributed by atoms with Crippen LogP contribution in [0.25, 0.3) is 0 Å². The summed E-state index contributed by atoms with van der Waals surface area (Å²) in [5.74, 6) is -1.08. The minimum Gasteiger partial charge on any atom is -0.449 e. The number of rotatable bonds is 5. The largest absolute Gasteiger partial charge is 0.449 e. The molecule has 2 atom stereocenters.